The molecular formula is C14H21BrN2O2. The van der Waals surface area contributed by atoms with Crippen LogP contribution in [0.25, 0.3) is 0 Å². The van der Waals surface area contributed by atoms with E-state index >= 15 is 0 Å². The molecule has 0 saturated heterocycles. The Kier molecular flexibility index (Phi) is 5.35. The van der Waals surface area contributed by atoms with Crippen molar-refractivity contribution in [3.8, 4) is 0 Å². The van der Waals surface area contributed by atoms with Crippen molar-refractivity contribution in [2.24, 2.45) is 0 Å². The molecule has 0 spiro atoms. The van der Waals surface area contributed by atoms with Crippen LogP contribution in [-0.2, 0) is 11.3 Å². The van der Waals surface area contributed by atoms with Gasteiger partial charge in [0.15, 0.2) is 0 Å². The van der Waals surface area contributed by atoms with E-state index in [4.69, 9.17) is 4.74 Å². The molecule has 0 aliphatic rings. The van der Waals surface area contributed by atoms with Crippen molar-refractivity contribution < 1.29 is 9.53 Å². The molecule has 1 rings (SSSR count). The highest BCUT2D eigenvalue weighted by Gasteiger charge is 2.21. The predicted molar refractivity (Wildman–Crippen MR) is 79.0 cm³/mol. The van der Waals surface area contributed by atoms with E-state index < -0.39 is 5.60 Å². The van der Waals surface area contributed by atoms with Gasteiger partial charge in [-0.3, -0.25) is 4.98 Å². The summed E-state index contributed by atoms with van der Waals surface area (Å²) < 4.78 is 6.34. The van der Waals surface area contributed by atoms with E-state index in [0.717, 1.165) is 15.6 Å². The van der Waals surface area contributed by atoms with E-state index in [9.17, 15) is 4.79 Å². The molecule has 5 heteroatoms. The molecule has 4 nitrogen and oxygen atoms in total. The van der Waals surface area contributed by atoms with Gasteiger partial charge in [-0.1, -0.05) is 0 Å². The highest BCUT2D eigenvalue weighted by atomic mass is 79.9. The van der Waals surface area contributed by atoms with E-state index in [1.54, 1.807) is 17.3 Å². The monoisotopic (exact) mass is 328 g/mol. The number of nitrogens with zero attached hydrogens (tertiary/aromatic N) is 2. The number of carbonyl (C=O) groups is 1. The number of pyridine rings is 1. The van der Waals surface area contributed by atoms with Gasteiger partial charge in [0.2, 0.25) is 0 Å². The maximum absolute atomic E-state index is 12.1. The fourth-order valence-electron chi connectivity index (χ4n) is 1.54. The van der Waals surface area contributed by atoms with Crippen LogP contribution in [0.5, 0.6) is 0 Å². The van der Waals surface area contributed by atoms with Gasteiger partial charge in [-0.25, -0.2) is 4.79 Å². The lowest BCUT2D eigenvalue weighted by molar-refractivity contribution is 0.0244. The van der Waals surface area contributed by atoms with Crippen molar-refractivity contribution in [1.82, 2.24) is 9.88 Å². The zero-order valence-corrected chi connectivity index (χ0v) is 13.7. The van der Waals surface area contributed by atoms with Crippen molar-refractivity contribution in [3.63, 3.8) is 0 Å². The molecule has 0 aliphatic carbocycles. The highest BCUT2D eigenvalue weighted by Crippen LogP contribution is 2.20. The summed E-state index contributed by atoms with van der Waals surface area (Å²) in [5, 5.41) is 0. The van der Waals surface area contributed by atoms with Gasteiger partial charge in [0.25, 0.3) is 0 Å². The number of aromatic nitrogens is 1. The van der Waals surface area contributed by atoms with Crippen LogP contribution < -0.4 is 0 Å². The molecule has 0 saturated carbocycles. The molecule has 1 aromatic heterocycles. The number of rotatable bonds is 3. The van der Waals surface area contributed by atoms with Crippen LogP contribution in [0.1, 0.15) is 38.8 Å². The molecule has 1 heterocycles. The number of amides is 1. The number of carbonyl (C=O) groups excluding carboxylic acids is 1. The quantitative estimate of drug-likeness (QED) is 0.844. The average molecular weight is 329 g/mol. The van der Waals surface area contributed by atoms with E-state index in [1.165, 1.54) is 0 Å². The van der Waals surface area contributed by atoms with Gasteiger partial charge in [-0.15, -0.1) is 0 Å². The molecule has 19 heavy (non-hydrogen) atoms. The first-order valence-electron chi connectivity index (χ1n) is 6.31. The molecule has 0 N–H and O–H groups in total. The number of halogens is 1. The van der Waals surface area contributed by atoms with Gasteiger partial charge in [-0.05, 0) is 61.7 Å². The molecule has 106 valence electrons. The fourth-order valence-corrected chi connectivity index (χ4v) is 1.91. The second-order valence-corrected chi connectivity index (χ2v) is 6.25. The molecule has 0 atom stereocenters. The minimum atomic E-state index is -0.477. The van der Waals surface area contributed by atoms with Crippen molar-refractivity contribution in [1.29, 1.82) is 0 Å². The van der Waals surface area contributed by atoms with Gasteiger partial charge in [0.05, 0.1) is 6.54 Å². The lowest BCUT2D eigenvalue weighted by Gasteiger charge is -2.27. The number of hydrogen-bond acceptors (Lipinski definition) is 3. The van der Waals surface area contributed by atoms with Gasteiger partial charge < -0.3 is 9.64 Å². The Hall–Kier alpha value is -1.10. The standard InChI is InChI=1S/C14H21BrN2O2/c1-6-17(13(18)19-14(3,4)5)9-11-7-16-8-12(15)10(11)2/h7-8H,6,9H2,1-5H3. The van der Waals surface area contributed by atoms with Gasteiger partial charge in [0.1, 0.15) is 5.60 Å². The summed E-state index contributed by atoms with van der Waals surface area (Å²) in [6, 6.07) is 0. The molecule has 1 aromatic rings. The lowest BCUT2D eigenvalue weighted by Crippen LogP contribution is -2.36. The molecule has 0 fully saturated rings. The molecular weight excluding hydrogens is 308 g/mol. The molecule has 0 aliphatic heterocycles. The van der Waals surface area contributed by atoms with Crippen LogP contribution in [-0.4, -0.2) is 28.1 Å². The zero-order chi connectivity index (χ0) is 14.6. The summed E-state index contributed by atoms with van der Waals surface area (Å²) in [5.74, 6) is 0. The predicted octanol–water partition coefficient (Wildman–Crippen LogP) is 3.91. The van der Waals surface area contributed by atoms with Crippen molar-refractivity contribution in [2.45, 2.75) is 46.8 Å². The minimum Gasteiger partial charge on any atom is -0.444 e. The molecule has 0 aromatic carbocycles. The van der Waals surface area contributed by atoms with Crippen LogP contribution in [0.3, 0.4) is 0 Å². The summed E-state index contributed by atoms with van der Waals surface area (Å²) in [7, 11) is 0. The molecule has 0 unspecified atom stereocenters. The van der Waals surface area contributed by atoms with E-state index in [0.29, 0.717) is 13.1 Å². The smallest absolute Gasteiger partial charge is 0.410 e. The topological polar surface area (TPSA) is 42.4 Å². The Morgan fingerprint density at radius 2 is 2.05 bits per heavy atom. The Bertz CT molecular complexity index is 455. The first-order chi connectivity index (χ1) is 8.74. The molecule has 0 bridgehead atoms. The first-order valence-corrected chi connectivity index (χ1v) is 7.10. The lowest BCUT2D eigenvalue weighted by atomic mass is 10.1. The largest absolute Gasteiger partial charge is 0.444 e. The SMILES string of the molecule is CCN(Cc1cncc(Br)c1C)C(=O)OC(C)(C)C. The van der Waals surface area contributed by atoms with Crippen LogP contribution in [0, 0.1) is 6.92 Å². The highest BCUT2D eigenvalue weighted by molar-refractivity contribution is 9.10. The third-order valence-corrected chi connectivity index (χ3v) is 3.45. The Labute approximate surface area is 123 Å². The van der Waals surface area contributed by atoms with Crippen molar-refractivity contribution in [3.05, 3.63) is 28.0 Å². The van der Waals surface area contributed by atoms with E-state index in [-0.39, 0.29) is 6.09 Å². The van der Waals surface area contributed by atoms with Crippen LogP contribution in [0.2, 0.25) is 0 Å². The Morgan fingerprint density at radius 1 is 1.42 bits per heavy atom. The summed E-state index contributed by atoms with van der Waals surface area (Å²) in [6.07, 6.45) is 3.24. The third kappa shape index (κ3) is 4.82. The maximum atomic E-state index is 12.1. The molecule has 0 radical (unpaired) electrons. The minimum absolute atomic E-state index is 0.297. The average Bonchev–Trinajstić information content (AvgIpc) is 2.28. The first kappa shape index (κ1) is 16.0. The third-order valence-electron chi connectivity index (χ3n) is 2.65. The van der Waals surface area contributed by atoms with Crippen molar-refractivity contribution in [2.75, 3.05) is 6.54 Å². The summed E-state index contributed by atoms with van der Waals surface area (Å²) in [5.41, 5.74) is 1.63. The summed E-state index contributed by atoms with van der Waals surface area (Å²) in [4.78, 5) is 17.9. The van der Waals surface area contributed by atoms with E-state index in [1.807, 2.05) is 34.6 Å². The van der Waals surface area contributed by atoms with Gasteiger partial charge in [-0.2, -0.15) is 0 Å². The van der Waals surface area contributed by atoms with Crippen LogP contribution >= 0.6 is 15.9 Å². The van der Waals surface area contributed by atoms with Crippen molar-refractivity contribution >= 4 is 22.0 Å². The zero-order valence-electron chi connectivity index (χ0n) is 12.2. The van der Waals surface area contributed by atoms with Gasteiger partial charge in [0, 0.05) is 23.4 Å². The Balaban J connectivity index is 2.82. The van der Waals surface area contributed by atoms with Gasteiger partial charge >= 0.3 is 6.09 Å². The number of ether oxygens (including phenoxy) is 1. The van der Waals surface area contributed by atoms with E-state index in [2.05, 4.69) is 20.9 Å². The normalized spacial score (nSPS) is 11.3. The summed E-state index contributed by atoms with van der Waals surface area (Å²) >= 11 is 3.45. The maximum Gasteiger partial charge on any atom is 0.410 e. The van der Waals surface area contributed by atoms with Crippen LogP contribution in [0.4, 0.5) is 4.79 Å². The number of hydrogen-bond donors (Lipinski definition) is 0. The Morgan fingerprint density at radius 3 is 2.58 bits per heavy atom. The van der Waals surface area contributed by atoms with Crippen LogP contribution in [0.15, 0.2) is 16.9 Å². The summed E-state index contributed by atoms with van der Waals surface area (Å²) in [6.45, 7) is 10.6. The molecule has 1 amide bonds. The second kappa shape index (κ2) is 6.37. The second-order valence-electron chi connectivity index (χ2n) is 5.40. The fraction of sp³-hybridized carbons (Fsp3) is 0.571.